The Kier molecular flexibility index (Phi) is 3.75. The molecule has 1 aromatic carbocycles. The summed E-state index contributed by atoms with van der Waals surface area (Å²) in [5.74, 6) is 0.572. The van der Waals surface area contributed by atoms with Gasteiger partial charge in [-0.2, -0.15) is 0 Å². The number of guanidine groups is 1. The van der Waals surface area contributed by atoms with Crippen LogP contribution in [0.5, 0.6) is 0 Å². The molecule has 3 aliphatic heterocycles. The van der Waals surface area contributed by atoms with Crippen molar-refractivity contribution in [2.75, 3.05) is 20.6 Å². The third-order valence-corrected chi connectivity index (χ3v) is 5.59. The van der Waals surface area contributed by atoms with E-state index in [0.29, 0.717) is 0 Å². The van der Waals surface area contributed by atoms with E-state index in [4.69, 9.17) is 4.99 Å². The van der Waals surface area contributed by atoms with E-state index in [1.165, 1.54) is 17.5 Å². The molecule has 0 radical (unpaired) electrons. The van der Waals surface area contributed by atoms with Crippen LogP contribution in [0.4, 0.5) is 4.79 Å². The third-order valence-electron chi connectivity index (χ3n) is 5.59. The van der Waals surface area contributed by atoms with E-state index in [1.807, 2.05) is 30.0 Å². The number of carbonyl (C=O) groups is 2. The first kappa shape index (κ1) is 16.6. The fourth-order valence-electron chi connectivity index (χ4n) is 3.92. The van der Waals surface area contributed by atoms with Crippen LogP contribution in [0.15, 0.2) is 46.7 Å². The van der Waals surface area contributed by atoms with Gasteiger partial charge in [0.25, 0.3) is 5.91 Å². The first-order chi connectivity index (χ1) is 12.4. The van der Waals surface area contributed by atoms with Gasteiger partial charge in [0.05, 0.1) is 0 Å². The SMILES string of the molecule is CC1=C(C)N2C(=NC3C2C(=O)N(C)C(=O)N3C)N1CCc1ccccc1. The minimum absolute atomic E-state index is 0.200. The number of hydrogen-bond acceptors (Lipinski definition) is 5. The number of amides is 3. The normalized spacial score (nSPS) is 25.2. The number of carbonyl (C=O) groups excluding carboxylic acids is 2. The van der Waals surface area contributed by atoms with Gasteiger partial charge in [-0.1, -0.05) is 30.3 Å². The van der Waals surface area contributed by atoms with Crippen molar-refractivity contribution in [3.63, 3.8) is 0 Å². The number of hydrogen-bond donors (Lipinski definition) is 0. The molecule has 7 nitrogen and oxygen atoms in total. The van der Waals surface area contributed by atoms with Crippen molar-refractivity contribution in [1.82, 2.24) is 19.6 Å². The van der Waals surface area contributed by atoms with Gasteiger partial charge >= 0.3 is 6.03 Å². The van der Waals surface area contributed by atoms with Crippen molar-refractivity contribution >= 4 is 17.9 Å². The maximum absolute atomic E-state index is 12.8. The minimum Gasteiger partial charge on any atom is -0.314 e. The van der Waals surface area contributed by atoms with Crippen LogP contribution in [0.2, 0.25) is 0 Å². The molecule has 0 aromatic heterocycles. The highest BCUT2D eigenvalue weighted by Gasteiger charge is 2.54. The van der Waals surface area contributed by atoms with Gasteiger partial charge in [-0.3, -0.25) is 14.6 Å². The summed E-state index contributed by atoms with van der Waals surface area (Å²) >= 11 is 0. The maximum Gasteiger partial charge on any atom is 0.328 e. The van der Waals surface area contributed by atoms with Crippen molar-refractivity contribution in [2.45, 2.75) is 32.5 Å². The summed E-state index contributed by atoms with van der Waals surface area (Å²) in [6, 6.07) is 9.52. The predicted molar refractivity (Wildman–Crippen MR) is 98.0 cm³/mol. The predicted octanol–water partition coefficient (Wildman–Crippen LogP) is 1.69. The number of benzene rings is 1. The number of urea groups is 1. The number of nitrogens with zero attached hydrogens (tertiary/aromatic N) is 5. The van der Waals surface area contributed by atoms with Crippen LogP contribution < -0.4 is 0 Å². The summed E-state index contributed by atoms with van der Waals surface area (Å²) in [7, 11) is 3.24. The van der Waals surface area contributed by atoms with E-state index in [-0.39, 0.29) is 11.9 Å². The van der Waals surface area contributed by atoms with Crippen LogP contribution in [0, 0.1) is 0 Å². The van der Waals surface area contributed by atoms with Gasteiger partial charge in [0, 0.05) is 32.0 Å². The molecule has 0 spiro atoms. The molecule has 136 valence electrons. The highest BCUT2D eigenvalue weighted by atomic mass is 16.2. The quantitative estimate of drug-likeness (QED) is 0.830. The Labute approximate surface area is 153 Å². The van der Waals surface area contributed by atoms with Crippen LogP contribution in [-0.4, -0.2) is 70.3 Å². The fraction of sp³-hybridized carbons (Fsp3) is 0.421. The van der Waals surface area contributed by atoms with Gasteiger partial charge in [-0.05, 0) is 25.8 Å². The third kappa shape index (κ3) is 2.23. The average Bonchev–Trinajstić information content (AvgIpc) is 3.14. The molecule has 26 heavy (non-hydrogen) atoms. The summed E-state index contributed by atoms with van der Waals surface area (Å²) in [5, 5.41) is 0. The minimum atomic E-state index is -0.477. The molecule has 0 bridgehead atoms. The van der Waals surface area contributed by atoms with Gasteiger partial charge in [-0.25, -0.2) is 9.79 Å². The Hall–Kier alpha value is -2.83. The second-order valence-corrected chi connectivity index (χ2v) is 7.01. The molecule has 1 saturated heterocycles. The van der Waals surface area contributed by atoms with Crippen molar-refractivity contribution in [3.8, 4) is 0 Å². The van der Waals surface area contributed by atoms with E-state index in [9.17, 15) is 9.59 Å². The summed E-state index contributed by atoms with van der Waals surface area (Å²) in [5.41, 5.74) is 3.39. The lowest BCUT2D eigenvalue weighted by Gasteiger charge is -2.39. The molecule has 7 heteroatoms. The lowest BCUT2D eigenvalue weighted by molar-refractivity contribution is -0.135. The van der Waals surface area contributed by atoms with Crippen molar-refractivity contribution in [1.29, 1.82) is 0 Å². The highest BCUT2D eigenvalue weighted by molar-refractivity contribution is 6.04. The van der Waals surface area contributed by atoms with Gasteiger partial charge in [-0.15, -0.1) is 0 Å². The second kappa shape index (κ2) is 5.86. The van der Waals surface area contributed by atoms with Crippen LogP contribution in [0.1, 0.15) is 19.4 Å². The van der Waals surface area contributed by atoms with E-state index in [0.717, 1.165) is 30.3 Å². The number of allylic oxidation sites excluding steroid dienone is 2. The van der Waals surface area contributed by atoms with Crippen LogP contribution >= 0.6 is 0 Å². The van der Waals surface area contributed by atoms with Crippen molar-refractivity contribution in [3.05, 3.63) is 47.3 Å². The molecule has 0 aliphatic carbocycles. The summed E-state index contributed by atoms with van der Waals surface area (Å²) < 4.78 is 0. The zero-order valence-corrected chi connectivity index (χ0v) is 15.5. The second-order valence-electron chi connectivity index (χ2n) is 7.01. The molecule has 3 heterocycles. The van der Waals surface area contributed by atoms with Gasteiger partial charge in [0.2, 0.25) is 5.96 Å². The first-order valence-electron chi connectivity index (χ1n) is 8.82. The zero-order chi connectivity index (χ0) is 18.6. The number of imide groups is 1. The lowest BCUT2D eigenvalue weighted by atomic mass is 10.1. The largest absolute Gasteiger partial charge is 0.328 e. The monoisotopic (exact) mass is 353 g/mol. The molecule has 2 atom stereocenters. The zero-order valence-electron chi connectivity index (χ0n) is 15.5. The average molecular weight is 353 g/mol. The fourth-order valence-corrected chi connectivity index (χ4v) is 3.92. The molecular formula is C19H23N5O2. The maximum atomic E-state index is 12.8. The van der Waals surface area contributed by atoms with Crippen molar-refractivity contribution in [2.24, 2.45) is 4.99 Å². The van der Waals surface area contributed by atoms with Gasteiger partial charge in [0.1, 0.15) is 0 Å². The van der Waals surface area contributed by atoms with Crippen LogP contribution in [0.3, 0.4) is 0 Å². The van der Waals surface area contributed by atoms with E-state index < -0.39 is 12.2 Å². The Morgan fingerprint density at radius 1 is 1.04 bits per heavy atom. The standard InChI is InChI=1S/C19H23N5O2/c1-12-13(2)24-15-16(21(3)19(26)22(4)17(15)25)20-18(24)23(12)11-10-14-8-6-5-7-9-14/h5-9,15-16H,10-11H2,1-4H3. The molecule has 2 unspecified atom stereocenters. The smallest absolute Gasteiger partial charge is 0.314 e. The molecular weight excluding hydrogens is 330 g/mol. The molecule has 4 rings (SSSR count). The molecule has 3 aliphatic rings. The number of fused-ring (bicyclic) bond motifs is 3. The molecule has 1 fully saturated rings. The van der Waals surface area contributed by atoms with Crippen LogP contribution in [0.25, 0.3) is 0 Å². The Bertz CT molecular complexity index is 832. The summed E-state index contributed by atoms with van der Waals surface area (Å²) in [6.45, 7) is 4.85. The Balaban J connectivity index is 1.63. The molecule has 0 saturated carbocycles. The van der Waals surface area contributed by atoms with Gasteiger partial charge in [0.15, 0.2) is 12.2 Å². The van der Waals surface area contributed by atoms with E-state index in [1.54, 1.807) is 11.9 Å². The molecule has 0 N–H and O–H groups in total. The first-order valence-corrected chi connectivity index (χ1v) is 8.82. The Morgan fingerprint density at radius 2 is 1.73 bits per heavy atom. The topological polar surface area (TPSA) is 59.5 Å². The van der Waals surface area contributed by atoms with Crippen molar-refractivity contribution < 1.29 is 9.59 Å². The van der Waals surface area contributed by atoms with E-state index >= 15 is 0 Å². The highest BCUT2D eigenvalue weighted by Crippen LogP contribution is 2.37. The summed E-state index contributed by atoms with van der Waals surface area (Å²) in [4.78, 5) is 36.7. The van der Waals surface area contributed by atoms with Crippen LogP contribution in [-0.2, 0) is 11.2 Å². The molecule has 1 aromatic rings. The lowest BCUT2D eigenvalue weighted by Crippen LogP contribution is -2.63. The number of rotatable bonds is 3. The molecule has 3 amide bonds. The number of likely N-dealkylation sites (N-methyl/N-ethyl adjacent to an activating group) is 2. The summed E-state index contributed by atoms with van der Waals surface area (Å²) in [6.07, 6.45) is 0.416. The van der Waals surface area contributed by atoms with E-state index in [2.05, 4.69) is 24.0 Å². The Morgan fingerprint density at radius 3 is 2.42 bits per heavy atom. The number of aliphatic imine (C=N–C) groups is 1. The van der Waals surface area contributed by atoms with Gasteiger partial charge < -0.3 is 9.80 Å².